The zero-order valence-corrected chi connectivity index (χ0v) is 11.5. The van der Waals surface area contributed by atoms with Crippen molar-refractivity contribution in [2.75, 3.05) is 7.11 Å². The highest BCUT2D eigenvalue weighted by atomic mass is 32.2. The zero-order chi connectivity index (χ0) is 13.0. The molecule has 0 spiro atoms. The molecule has 0 N–H and O–H groups in total. The van der Waals surface area contributed by atoms with Crippen molar-refractivity contribution in [2.45, 2.75) is 55.5 Å². The molecule has 1 unspecified atom stereocenters. The number of carbonyl (C=O) groups excluding carboxylic acids is 1. The molecule has 1 saturated carbocycles. The van der Waals surface area contributed by atoms with Crippen LogP contribution in [0.2, 0.25) is 0 Å². The van der Waals surface area contributed by atoms with Crippen molar-refractivity contribution in [3.05, 3.63) is 0 Å². The molecule has 1 atom stereocenters. The van der Waals surface area contributed by atoms with Gasteiger partial charge in [-0.3, -0.25) is 4.79 Å². The van der Waals surface area contributed by atoms with Crippen LogP contribution in [0.15, 0.2) is 5.16 Å². The zero-order valence-electron chi connectivity index (χ0n) is 10.7. The Balaban J connectivity index is 2.05. The van der Waals surface area contributed by atoms with Crippen LogP contribution in [-0.4, -0.2) is 38.5 Å². The minimum atomic E-state index is -0.289. The Kier molecular flexibility index (Phi) is 4.57. The van der Waals surface area contributed by atoms with Crippen LogP contribution in [0.25, 0.3) is 0 Å². The van der Waals surface area contributed by atoms with Crippen molar-refractivity contribution in [2.24, 2.45) is 0 Å². The lowest BCUT2D eigenvalue weighted by atomic mass is 9.96. The molecule has 6 nitrogen and oxygen atoms in total. The normalized spacial score (nSPS) is 18.6. The van der Waals surface area contributed by atoms with Crippen LogP contribution >= 0.6 is 11.8 Å². The molecule has 1 aliphatic carbocycles. The molecular formula is C11H18N4O2S. The van der Waals surface area contributed by atoms with Crippen LogP contribution in [0.1, 0.15) is 45.1 Å². The van der Waals surface area contributed by atoms with Crippen molar-refractivity contribution in [3.63, 3.8) is 0 Å². The number of hydrogen-bond donors (Lipinski definition) is 0. The smallest absolute Gasteiger partial charge is 0.318 e. The van der Waals surface area contributed by atoms with E-state index in [9.17, 15) is 4.79 Å². The summed E-state index contributed by atoms with van der Waals surface area (Å²) in [5.41, 5.74) is 0. The van der Waals surface area contributed by atoms with Gasteiger partial charge < -0.3 is 4.74 Å². The van der Waals surface area contributed by atoms with Crippen LogP contribution in [0.3, 0.4) is 0 Å². The highest BCUT2D eigenvalue weighted by Crippen LogP contribution is 2.31. The predicted molar refractivity (Wildman–Crippen MR) is 67.3 cm³/mol. The van der Waals surface area contributed by atoms with Gasteiger partial charge in [0.2, 0.25) is 5.16 Å². The Bertz CT molecular complexity index is 404. The van der Waals surface area contributed by atoms with Crippen LogP contribution in [0, 0.1) is 0 Å². The van der Waals surface area contributed by atoms with Crippen LogP contribution in [-0.2, 0) is 9.53 Å². The van der Waals surface area contributed by atoms with Gasteiger partial charge in [-0.1, -0.05) is 31.0 Å². The van der Waals surface area contributed by atoms with Gasteiger partial charge in [-0.25, -0.2) is 4.68 Å². The Morgan fingerprint density at radius 2 is 2.17 bits per heavy atom. The lowest BCUT2D eigenvalue weighted by Gasteiger charge is -2.22. The number of thioether (sulfide) groups is 1. The van der Waals surface area contributed by atoms with Gasteiger partial charge in [-0.2, -0.15) is 0 Å². The number of carbonyl (C=O) groups is 1. The van der Waals surface area contributed by atoms with Crippen molar-refractivity contribution >= 4 is 17.7 Å². The van der Waals surface area contributed by atoms with E-state index in [2.05, 4.69) is 15.5 Å². The summed E-state index contributed by atoms with van der Waals surface area (Å²) in [4.78, 5) is 11.4. The highest BCUT2D eigenvalue weighted by molar-refractivity contribution is 8.00. The van der Waals surface area contributed by atoms with Crippen LogP contribution < -0.4 is 0 Å². The molecule has 18 heavy (non-hydrogen) atoms. The minimum Gasteiger partial charge on any atom is -0.468 e. The molecule has 1 aliphatic rings. The maximum absolute atomic E-state index is 11.4. The van der Waals surface area contributed by atoms with Gasteiger partial charge >= 0.3 is 5.97 Å². The van der Waals surface area contributed by atoms with Crippen molar-refractivity contribution in [1.82, 2.24) is 20.2 Å². The number of tetrazole rings is 1. The van der Waals surface area contributed by atoms with E-state index >= 15 is 0 Å². The predicted octanol–water partition coefficient (Wildman–Crippen LogP) is 1.83. The fourth-order valence-corrected chi connectivity index (χ4v) is 3.08. The fourth-order valence-electron chi connectivity index (χ4n) is 2.19. The van der Waals surface area contributed by atoms with Crippen LogP contribution in [0.5, 0.6) is 0 Å². The summed E-state index contributed by atoms with van der Waals surface area (Å²) in [5, 5.41) is 12.2. The quantitative estimate of drug-likeness (QED) is 0.614. The number of aromatic nitrogens is 4. The van der Waals surface area contributed by atoms with Gasteiger partial charge in [0.1, 0.15) is 5.25 Å². The first kappa shape index (κ1) is 13.3. The third kappa shape index (κ3) is 3.01. The second-order valence-corrected chi connectivity index (χ2v) is 5.79. The number of ether oxygens (including phenoxy) is 1. The van der Waals surface area contributed by atoms with Crippen molar-refractivity contribution in [3.8, 4) is 0 Å². The molecule has 1 fully saturated rings. The average Bonchev–Trinajstić information content (AvgIpc) is 2.86. The van der Waals surface area contributed by atoms with Gasteiger partial charge in [0, 0.05) is 0 Å². The molecule has 0 aromatic carbocycles. The van der Waals surface area contributed by atoms with E-state index in [1.807, 2.05) is 4.68 Å². The number of methoxy groups -OCH3 is 1. The molecule has 1 aromatic rings. The number of nitrogens with zero attached hydrogens (tertiary/aromatic N) is 4. The molecule has 100 valence electrons. The summed E-state index contributed by atoms with van der Waals surface area (Å²) in [6.45, 7) is 1.80. The van der Waals surface area contributed by atoms with E-state index in [1.54, 1.807) is 6.92 Å². The van der Waals surface area contributed by atoms with Crippen molar-refractivity contribution in [1.29, 1.82) is 0 Å². The van der Waals surface area contributed by atoms with Gasteiger partial charge in [0.15, 0.2) is 0 Å². The minimum absolute atomic E-state index is 0.252. The molecule has 7 heteroatoms. The summed E-state index contributed by atoms with van der Waals surface area (Å²) in [7, 11) is 1.39. The van der Waals surface area contributed by atoms with E-state index in [-0.39, 0.29) is 11.2 Å². The Labute approximate surface area is 110 Å². The number of esters is 1. The molecule has 0 saturated heterocycles. The maximum Gasteiger partial charge on any atom is 0.318 e. The number of rotatable bonds is 4. The first-order chi connectivity index (χ1) is 8.72. The van der Waals surface area contributed by atoms with Crippen LogP contribution in [0.4, 0.5) is 0 Å². The number of hydrogen-bond acceptors (Lipinski definition) is 6. The monoisotopic (exact) mass is 270 g/mol. The molecule has 1 aromatic heterocycles. The lowest BCUT2D eigenvalue weighted by molar-refractivity contribution is -0.139. The topological polar surface area (TPSA) is 69.9 Å². The van der Waals surface area contributed by atoms with Gasteiger partial charge in [-0.05, 0) is 30.2 Å². The average molecular weight is 270 g/mol. The molecule has 1 heterocycles. The molecule has 0 aliphatic heterocycles. The van der Waals surface area contributed by atoms with Gasteiger partial charge in [0.05, 0.1) is 13.2 Å². The summed E-state index contributed by atoms with van der Waals surface area (Å²) in [6, 6.07) is 0.376. The summed E-state index contributed by atoms with van der Waals surface area (Å²) in [5.74, 6) is -0.252. The second-order valence-electron chi connectivity index (χ2n) is 4.48. The summed E-state index contributed by atoms with van der Waals surface area (Å²) in [6.07, 6.45) is 5.97. The summed E-state index contributed by atoms with van der Waals surface area (Å²) < 4.78 is 6.57. The Morgan fingerprint density at radius 3 is 2.83 bits per heavy atom. The Morgan fingerprint density at radius 1 is 1.44 bits per heavy atom. The Hall–Kier alpha value is -1.11. The first-order valence-electron chi connectivity index (χ1n) is 6.24. The molecule has 0 amide bonds. The van der Waals surface area contributed by atoms with Gasteiger partial charge in [0.25, 0.3) is 0 Å². The van der Waals surface area contributed by atoms with E-state index in [0.717, 1.165) is 12.8 Å². The maximum atomic E-state index is 11.4. The van der Waals surface area contributed by atoms with E-state index in [1.165, 1.54) is 38.1 Å². The third-order valence-electron chi connectivity index (χ3n) is 3.20. The molecule has 0 radical (unpaired) electrons. The molecule has 0 bridgehead atoms. The molecule has 2 rings (SSSR count). The van der Waals surface area contributed by atoms with E-state index < -0.39 is 0 Å². The largest absolute Gasteiger partial charge is 0.468 e. The third-order valence-corrected chi connectivity index (χ3v) is 4.22. The van der Waals surface area contributed by atoms with E-state index in [0.29, 0.717) is 11.2 Å². The summed E-state index contributed by atoms with van der Waals surface area (Å²) >= 11 is 1.36. The van der Waals surface area contributed by atoms with Crippen molar-refractivity contribution < 1.29 is 9.53 Å². The van der Waals surface area contributed by atoms with Gasteiger partial charge in [-0.15, -0.1) is 5.10 Å². The first-order valence-corrected chi connectivity index (χ1v) is 7.12. The second kappa shape index (κ2) is 6.17. The highest BCUT2D eigenvalue weighted by Gasteiger charge is 2.23. The SMILES string of the molecule is COC(=O)C(C)Sc1nnnn1C1CCCCC1. The standard InChI is InChI=1S/C11H18N4O2S/c1-8(10(16)17-2)18-11-12-13-14-15(11)9-6-4-3-5-7-9/h8-9H,3-7H2,1-2H3. The van der Waals surface area contributed by atoms with E-state index in [4.69, 9.17) is 4.74 Å². The molecular weight excluding hydrogens is 252 g/mol. The lowest BCUT2D eigenvalue weighted by Crippen LogP contribution is -2.19. The fraction of sp³-hybridized carbons (Fsp3) is 0.818.